The fourth-order valence-electron chi connectivity index (χ4n) is 1.34. The molecule has 1 unspecified atom stereocenters. The normalized spacial score (nSPS) is 26.5. The Morgan fingerprint density at radius 2 is 2.38 bits per heavy atom. The van der Waals surface area contributed by atoms with Gasteiger partial charge in [0.1, 0.15) is 0 Å². The summed E-state index contributed by atoms with van der Waals surface area (Å²) in [6.07, 6.45) is -0.269. The quantitative estimate of drug-likeness (QED) is 0.717. The molecule has 1 saturated heterocycles. The lowest BCUT2D eigenvalue weighted by Crippen LogP contribution is -2.19. The van der Waals surface area contributed by atoms with Crippen molar-refractivity contribution in [3.63, 3.8) is 0 Å². The van der Waals surface area contributed by atoms with Gasteiger partial charge < -0.3 is 4.52 Å². The van der Waals surface area contributed by atoms with Crippen molar-refractivity contribution in [1.82, 2.24) is 15.5 Å². The van der Waals surface area contributed by atoms with E-state index in [0.29, 0.717) is 5.82 Å². The number of hydrogen-bond donors (Lipinski definition) is 1. The van der Waals surface area contributed by atoms with E-state index in [1.165, 1.54) is 0 Å². The molecular weight excluding hydrogens is 180 g/mol. The molecule has 2 heterocycles. The van der Waals surface area contributed by atoms with Crippen LogP contribution in [0.15, 0.2) is 4.52 Å². The van der Waals surface area contributed by atoms with Crippen LogP contribution < -0.4 is 5.32 Å². The minimum absolute atomic E-state index is 0.245. The smallest absolute Gasteiger partial charge is 0.262 e. The molecular formula is C7H9F2N3O. The molecule has 6 heteroatoms. The van der Waals surface area contributed by atoms with E-state index in [2.05, 4.69) is 15.5 Å². The van der Waals surface area contributed by atoms with E-state index in [-0.39, 0.29) is 18.9 Å². The Bertz CT molecular complexity index is 312. The summed E-state index contributed by atoms with van der Waals surface area (Å²) in [6.45, 7) is 1.33. The lowest BCUT2D eigenvalue weighted by atomic mass is 10.2. The topological polar surface area (TPSA) is 51.0 Å². The third-order valence-corrected chi connectivity index (χ3v) is 1.95. The van der Waals surface area contributed by atoms with Crippen molar-refractivity contribution in [3.05, 3.63) is 11.7 Å². The number of hydrogen-bond acceptors (Lipinski definition) is 4. The predicted molar refractivity (Wildman–Crippen MR) is 39.3 cm³/mol. The third-order valence-electron chi connectivity index (χ3n) is 1.95. The summed E-state index contributed by atoms with van der Waals surface area (Å²) in [6, 6.07) is -0.504. The first-order valence-electron chi connectivity index (χ1n) is 3.98. The molecule has 1 aliphatic heterocycles. The number of nitrogens with zero attached hydrogens (tertiary/aromatic N) is 2. The zero-order valence-electron chi connectivity index (χ0n) is 7.05. The fraction of sp³-hybridized carbons (Fsp3) is 0.714. The SMILES string of the molecule is Cc1noc(C2CC(F)(F)CN2)n1. The van der Waals surface area contributed by atoms with E-state index >= 15 is 0 Å². The Balaban J connectivity index is 2.12. The van der Waals surface area contributed by atoms with Crippen molar-refractivity contribution in [1.29, 1.82) is 0 Å². The maximum Gasteiger partial charge on any atom is 0.262 e. The number of alkyl halides is 2. The van der Waals surface area contributed by atoms with Crippen LogP contribution in [-0.4, -0.2) is 22.6 Å². The van der Waals surface area contributed by atoms with E-state index in [4.69, 9.17) is 4.52 Å². The van der Waals surface area contributed by atoms with Crippen molar-refractivity contribution in [2.75, 3.05) is 6.54 Å². The van der Waals surface area contributed by atoms with E-state index < -0.39 is 12.0 Å². The number of aryl methyl sites for hydroxylation is 1. The van der Waals surface area contributed by atoms with Gasteiger partial charge in [0.15, 0.2) is 5.82 Å². The summed E-state index contributed by atoms with van der Waals surface area (Å²) in [7, 11) is 0. The van der Waals surface area contributed by atoms with Gasteiger partial charge in [-0.2, -0.15) is 4.98 Å². The number of aromatic nitrogens is 2. The summed E-state index contributed by atoms with van der Waals surface area (Å²) in [5.41, 5.74) is 0. The van der Waals surface area contributed by atoms with Crippen molar-refractivity contribution in [3.8, 4) is 0 Å². The van der Waals surface area contributed by atoms with Crippen molar-refractivity contribution < 1.29 is 13.3 Å². The van der Waals surface area contributed by atoms with Crippen LogP contribution in [0, 0.1) is 6.92 Å². The second-order valence-electron chi connectivity index (χ2n) is 3.17. The largest absolute Gasteiger partial charge is 0.338 e. The van der Waals surface area contributed by atoms with Crippen molar-refractivity contribution in [2.24, 2.45) is 0 Å². The molecule has 72 valence electrons. The molecule has 1 fully saturated rings. The van der Waals surface area contributed by atoms with Crippen LogP contribution in [0.25, 0.3) is 0 Å². The first-order chi connectivity index (χ1) is 6.07. The van der Waals surface area contributed by atoms with Crippen LogP contribution in [0.3, 0.4) is 0 Å². The van der Waals surface area contributed by atoms with Gasteiger partial charge >= 0.3 is 0 Å². The average molecular weight is 189 g/mol. The standard InChI is InChI=1S/C7H9F2N3O/c1-4-11-6(13-12-4)5-2-7(8,9)3-10-5/h5,10H,2-3H2,1H3. The van der Waals surface area contributed by atoms with Crippen molar-refractivity contribution >= 4 is 0 Å². The van der Waals surface area contributed by atoms with Gasteiger partial charge in [0.2, 0.25) is 5.89 Å². The molecule has 0 aliphatic carbocycles. The Kier molecular flexibility index (Phi) is 1.80. The summed E-state index contributed by atoms with van der Waals surface area (Å²) < 4.78 is 30.3. The summed E-state index contributed by atoms with van der Waals surface area (Å²) in [4.78, 5) is 3.88. The summed E-state index contributed by atoms with van der Waals surface area (Å²) in [5.74, 6) is -1.95. The van der Waals surface area contributed by atoms with E-state index in [9.17, 15) is 8.78 Å². The molecule has 2 rings (SSSR count). The van der Waals surface area contributed by atoms with Crippen LogP contribution in [0.2, 0.25) is 0 Å². The van der Waals surface area contributed by atoms with Gasteiger partial charge in [-0.1, -0.05) is 5.16 Å². The molecule has 0 saturated carbocycles. The predicted octanol–water partition coefficient (Wildman–Crippen LogP) is 1.05. The first-order valence-corrected chi connectivity index (χ1v) is 3.98. The molecule has 0 spiro atoms. The highest BCUT2D eigenvalue weighted by Crippen LogP contribution is 2.32. The maximum atomic E-state index is 12.7. The van der Waals surface area contributed by atoms with Gasteiger partial charge in [-0.3, -0.25) is 5.32 Å². The van der Waals surface area contributed by atoms with Crippen LogP contribution in [-0.2, 0) is 0 Å². The third kappa shape index (κ3) is 1.67. The number of rotatable bonds is 1. The van der Waals surface area contributed by atoms with Crippen LogP contribution in [0.5, 0.6) is 0 Å². The zero-order valence-corrected chi connectivity index (χ0v) is 7.05. The van der Waals surface area contributed by atoms with Gasteiger partial charge in [0.05, 0.1) is 12.6 Å². The maximum absolute atomic E-state index is 12.7. The minimum atomic E-state index is -2.66. The van der Waals surface area contributed by atoms with Gasteiger partial charge in [0, 0.05) is 6.42 Å². The molecule has 4 nitrogen and oxygen atoms in total. The number of nitrogens with one attached hydrogen (secondary N) is 1. The molecule has 1 N–H and O–H groups in total. The highest BCUT2D eigenvalue weighted by molar-refractivity contribution is 4.98. The Labute approximate surface area is 73.3 Å². The Hall–Kier alpha value is -1.04. The van der Waals surface area contributed by atoms with E-state index in [1.807, 2.05) is 0 Å². The second-order valence-corrected chi connectivity index (χ2v) is 3.17. The zero-order chi connectivity index (χ0) is 9.47. The molecule has 0 amide bonds. The van der Waals surface area contributed by atoms with Gasteiger partial charge in [-0.05, 0) is 6.92 Å². The minimum Gasteiger partial charge on any atom is -0.338 e. The highest BCUT2D eigenvalue weighted by Gasteiger charge is 2.42. The Morgan fingerprint density at radius 1 is 1.62 bits per heavy atom. The van der Waals surface area contributed by atoms with Crippen molar-refractivity contribution in [2.45, 2.75) is 25.3 Å². The molecule has 0 aromatic carbocycles. The Morgan fingerprint density at radius 3 is 2.85 bits per heavy atom. The highest BCUT2D eigenvalue weighted by atomic mass is 19.3. The van der Waals surface area contributed by atoms with Crippen LogP contribution in [0.1, 0.15) is 24.2 Å². The summed E-state index contributed by atoms with van der Waals surface area (Å²) in [5, 5.41) is 6.17. The average Bonchev–Trinajstić information content (AvgIpc) is 2.56. The van der Waals surface area contributed by atoms with E-state index in [1.54, 1.807) is 6.92 Å². The van der Waals surface area contributed by atoms with Gasteiger partial charge in [-0.15, -0.1) is 0 Å². The fourth-order valence-corrected chi connectivity index (χ4v) is 1.34. The molecule has 0 radical (unpaired) electrons. The lowest BCUT2D eigenvalue weighted by Gasteiger charge is -2.04. The van der Waals surface area contributed by atoms with Crippen LogP contribution >= 0.6 is 0 Å². The van der Waals surface area contributed by atoms with Gasteiger partial charge in [0.25, 0.3) is 5.92 Å². The molecule has 1 aliphatic rings. The first kappa shape index (κ1) is 8.55. The molecule has 1 aromatic heterocycles. The molecule has 13 heavy (non-hydrogen) atoms. The van der Waals surface area contributed by atoms with Gasteiger partial charge in [-0.25, -0.2) is 8.78 Å². The number of halogens is 2. The second kappa shape index (κ2) is 2.73. The molecule has 0 bridgehead atoms. The summed E-state index contributed by atoms with van der Waals surface area (Å²) >= 11 is 0. The lowest BCUT2D eigenvalue weighted by molar-refractivity contribution is 0.0200. The van der Waals surface area contributed by atoms with Crippen LogP contribution in [0.4, 0.5) is 8.78 Å². The molecule has 1 aromatic rings. The monoisotopic (exact) mass is 189 g/mol. The van der Waals surface area contributed by atoms with E-state index in [0.717, 1.165) is 0 Å². The molecule has 1 atom stereocenters.